The lowest BCUT2D eigenvalue weighted by Crippen LogP contribution is -2.39. The second-order valence-electron chi connectivity index (χ2n) is 5.07. The van der Waals surface area contributed by atoms with E-state index in [1.165, 1.54) is 6.07 Å². The van der Waals surface area contributed by atoms with E-state index in [2.05, 4.69) is 21.2 Å². The van der Waals surface area contributed by atoms with Gasteiger partial charge in [0.2, 0.25) is 10.0 Å². The van der Waals surface area contributed by atoms with E-state index in [1.807, 2.05) is 6.92 Å². The number of ether oxygens (including phenoxy) is 1. The van der Waals surface area contributed by atoms with Crippen molar-refractivity contribution >= 4 is 31.9 Å². The molecule has 0 spiro atoms. The van der Waals surface area contributed by atoms with E-state index < -0.39 is 10.0 Å². The Morgan fingerprint density at radius 3 is 2.67 bits per heavy atom. The van der Waals surface area contributed by atoms with Gasteiger partial charge in [-0.25, -0.2) is 13.6 Å². The summed E-state index contributed by atoms with van der Waals surface area (Å²) in [6.07, 6.45) is 0.682. The highest BCUT2D eigenvalue weighted by Crippen LogP contribution is 2.24. The molecule has 0 radical (unpaired) electrons. The maximum atomic E-state index is 12.4. The van der Waals surface area contributed by atoms with Crippen molar-refractivity contribution in [2.45, 2.75) is 37.3 Å². The van der Waals surface area contributed by atoms with Gasteiger partial charge in [-0.3, -0.25) is 4.79 Å². The number of sulfonamides is 1. The van der Waals surface area contributed by atoms with Crippen LogP contribution in [0.1, 0.15) is 29.3 Å². The van der Waals surface area contributed by atoms with E-state index in [0.29, 0.717) is 16.6 Å². The summed E-state index contributed by atoms with van der Waals surface area (Å²) in [4.78, 5) is 12.3. The van der Waals surface area contributed by atoms with Crippen LogP contribution in [0.2, 0.25) is 0 Å². The zero-order chi connectivity index (χ0) is 15.8. The van der Waals surface area contributed by atoms with E-state index in [4.69, 9.17) is 9.88 Å². The van der Waals surface area contributed by atoms with Crippen LogP contribution < -0.4 is 10.5 Å². The van der Waals surface area contributed by atoms with Crippen molar-refractivity contribution in [2.75, 3.05) is 6.61 Å². The topological polar surface area (TPSA) is 98.5 Å². The van der Waals surface area contributed by atoms with Crippen LogP contribution in [-0.2, 0) is 14.8 Å². The first-order valence-corrected chi connectivity index (χ1v) is 8.79. The number of halogens is 1. The SMILES string of the molecule is Cc1c(C(=O)NC2CCOC2C)cc(Br)cc1S(N)(=O)=O. The molecule has 1 aliphatic rings. The summed E-state index contributed by atoms with van der Waals surface area (Å²) in [6, 6.07) is 2.90. The van der Waals surface area contributed by atoms with Crippen LogP contribution in [0.5, 0.6) is 0 Å². The van der Waals surface area contributed by atoms with E-state index in [0.717, 1.165) is 6.42 Å². The second-order valence-corrected chi connectivity index (χ2v) is 7.51. The summed E-state index contributed by atoms with van der Waals surface area (Å²) in [5.74, 6) is -0.332. The molecule has 1 heterocycles. The van der Waals surface area contributed by atoms with E-state index in [-0.39, 0.29) is 28.5 Å². The van der Waals surface area contributed by atoms with Crippen LogP contribution in [0.15, 0.2) is 21.5 Å². The number of hydrogen-bond donors (Lipinski definition) is 2. The predicted molar refractivity (Wildman–Crippen MR) is 81.5 cm³/mol. The van der Waals surface area contributed by atoms with Gasteiger partial charge in [-0.1, -0.05) is 15.9 Å². The molecule has 0 saturated carbocycles. The quantitative estimate of drug-likeness (QED) is 0.830. The molecule has 0 aliphatic carbocycles. The Morgan fingerprint density at radius 1 is 1.48 bits per heavy atom. The lowest BCUT2D eigenvalue weighted by atomic mass is 10.1. The van der Waals surface area contributed by atoms with Gasteiger partial charge in [-0.2, -0.15) is 0 Å². The fourth-order valence-electron chi connectivity index (χ4n) is 2.35. The summed E-state index contributed by atoms with van der Waals surface area (Å²) in [7, 11) is -3.88. The third-order valence-electron chi connectivity index (χ3n) is 3.57. The van der Waals surface area contributed by atoms with Gasteiger partial charge in [0.1, 0.15) is 0 Å². The van der Waals surface area contributed by atoms with E-state index in [1.54, 1.807) is 13.0 Å². The normalized spacial score (nSPS) is 22.3. The number of nitrogens with two attached hydrogens (primary N) is 1. The molecule has 2 rings (SSSR count). The zero-order valence-electron chi connectivity index (χ0n) is 11.7. The maximum absolute atomic E-state index is 12.4. The lowest BCUT2D eigenvalue weighted by Gasteiger charge is -2.17. The van der Waals surface area contributed by atoms with Gasteiger partial charge in [0, 0.05) is 16.6 Å². The Labute approximate surface area is 132 Å². The monoisotopic (exact) mass is 376 g/mol. The van der Waals surface area contributed by atoms with Gasteiger partial charge in [0.05, 0.1) is 17.0 Å². The highest BCUT2D eigenvalue weighted by Gasteiger charge is 2.27. The first-order chi connectivity index (χ1) is 9.70. The molecule has 21 heavy (non-hydrogen) atoms. The molecule has 1 fully saturated rings. The average molecular weight is 377 g/mol. The number of nitrogens with one attached hydrogen (secondary N) is 1. The van der Waals surface area contributed by atoms with Crippen LogP contribution in [-0.4, -0.2) is 33.1 Å². The maximum Gasteiger partial charge on any atom is 0.251 e. The lowest BCUT2D eigenvalue weighted by molar-refractivity contribution is 0.0865. The molecule has 3 N–H and O–H groups in total. The smallest absolute Gasteiger partial charge is 0.251 e. The molecular weight excluding hydrogens is 360 g/mol. The summed E-state index contributed by atoms with van der Waals surface area (Å²) in [6.45, 7) is 4.06. The van der Waals surface area contributed by atoms with Crippen molar-refractivity contribution in [1.29, 1.82) is 0 Å². The van der Waals surface area contributed by atoms with Gasteiger partial charge >= 0.3 is 0 Å². The number of primary sulfonamides is 1. The van der Waals surface area contributed by atoms with Crippen LogP contribution in [0.4, 0.5) is 0 Å². The number of carbonyl (C=O) groups is 1. The molecule has 1 aromatic carbocycles. The van der Waals surface area contributed by atoms with Crippen LogP contribution >= 0.6 is 15.9 Å². The molecule has 1 aliphatic heterocycles. The summed E-state index contributed by atoms with van der Waals surface area (Å²) in [5, 5.41) is 8.05. The van der Waals surface area contributed by atoms with Crippen molar-refractivity contribution in [1.82, 2.24) is 5.32 Å². The van der Waals surface area contributed by atoms with E-state index >= 15 is 0 Å². The molecule has 2 atom stereocenters. The molecule has 1 aromatic rings. The first kappa shape index (κ1) is 16.4. The Morgan fingerprint density at radius 2 is 2.14 bits per heavy atom. The van der Waals surface area contributed by atoms with Gasteiger partial charge in [-0.15, -0.1) is 0 Å². The predicted octanol–water partition coefficient (Wildman–Crippen LogP) is 1.31. The number of rotatable bonds is 3. The molecule has 0 bridgehead atoms. The Balaban J connectivity index is 2.35. The Kier molecular flexibility index (Phi) is 4.72. The second kappa shape index (κ2) is 6.04. The Hall–Kier alpha value is -0.960. The molecule has 1 amide bonds. The summed E-state index contributed by atoms with van der Waals surface area (Å²) >= 11 is 3.21. The van der Waals surface area contributed by atoms with Crippen molar-refractivity contribution in [3.05, 3.63) is 27.7 Å². The van der Waals surface area contributed by atoms with E-state index in [9.17, 15) is 13.2 Å². The molecule has 1 saturated heterocycles. The van der Waals surface area contributed by atoms with Gasteiger partial charge in [0.15, 0.2) is 0 Å². The molecular formula is C13H17BrN2O4S. The average Bonchev–Trinajstić information content (AvgIpc) is 2.76. The van der Waals surface area contributed by atoms with Gasteiger partial charge in [-0.05, 0) is 38.0 Å². The highest BCUT2D eigenvalue weighted by atomic mass is 79.9. The molecule has 0 aromatic heterocycles. The fourth-order valence-corrected chi connectivity index (χ4v) is 3.79. The first-order valence-electron chi connectivity index (χ1n) is 6.45. The fraction of sp³-hybridized carbons (Fsp3) is 0.462. The van der Waals surface area contributed by atoms with Crippen molar-refractivity contribution in [2.24, 2.45) is 5.14 Å². The highest BCUT2D eigenvalue weighted by molar-refractivity contribution is 9.10. The van der Waals surface area contributed by atoms with Crippen molar-refractivity contribution in [3.8, 4) is 0 Å². The van der Waals surface area contributed by atoms with Crippen LogP contribution in [0.25, 0.3) is 0 Å². The molecule has 6 nitrogen and oxygen atoms in total. The third-order valence-corrected chi connectivity index (χ3v) is 5.06. The van der Waals surface area contributed by atoms with Crippen LogP contribution in [0.3, 0.4) is 0 Å². The van der Waals surface area contributed by atoms with Gasteiger partial charge < -0.3 is 10.1 Å². The summed E-state index contributed by atoms with van der Waals surface area (Å²) in [5.41, 5.74) is 0.622. The third kappa shape index (κ3) is 3.63. The minimum atomic E-state index is -3.88. The molecule has 2 unspecified atom stereocenters. The minimum absolute atomic E-state index is 0.0564. The number of amides is 1. The number of benzene rings is 1. The van der Waals surface area contributed by atoms with Crippen molar-refractivity contribution in [3.63, 3.8) is 0 Å². The number of carbonyl (C=O) groups excluding carboxylic acids is 1. The van der Waals surface area contributed by atoms with Crippen molar-refractivity contribution < 1.29 is 17.9 Å². The zero-order valence-corrected chi connectivity index (χ0v) is 14.1. The molecule has 8 heteroatoms. The summed E-state index contributed by atoms with van der Waals surface area (Å²) < 4.78 is 29.0. The number of hydrogen-bond acceptors (Lipinski definition) is 4. The standard InChI is InChI=1S/C13H17BrN2O4S/c1-7-10(5-9(14)6-12(7)21(15,18)19)13(17)16-11-3-4-20-8(11)2/h5-6,8,11H,3-4H2,1-2H3,(H,16,17)(H2,15,18,19). The van der Waals surface area contributed by atoms with Crippen LogP contribution in [0, 0.1) is 6.92 Å². The largest absolute Gasteiger partial charge is 0.376 e. The van der Waals surface area contributed by atoms with Gasteiger partial charge in [0.25, 0.3) is 5.91 Å². The molecule has 116 valence electrons. The Bertz CT molecular complexity index is 675. The minimum Gasteiger partial charge on any atom is -0.376 e.